The van der Waals surface area contributed by atoms with Crippen molar-refractivity contribution in [3.05, 3.63) is 0 Å². The van der Waals surface area contributed by atoms with Crippen LogP contribution in [0.15, 0.2) is 0 Å². The predicted molar refractivity (Wildman–Crippen MR) is 46.6 cm³/mol. The van der Waals surface area contributed by atoms with Gasteiger partial charge in [0, 0.05) is 0 Å². The molecule has 0 atom stereocenters. The number of ether oxygens (including phenoxy) is 3. The SMILES string of the molecule is CCOC(=O)CC1(CC=O)OCCO1. The van der Waals surface area contributed by atoms with Crippen LogP contribution in [-0.4, -0.2) is 37.9 Å². The van der Waals surface area contributed by atoms with Gasteiger partial charge in [0.1, 0.15) is 12.7 Å². The summed E-state index contributed by atoms with van der Waals surface area (Å²) in [5.74, 6) is -1.48. The summed E-state index contributed by atoms with van der Waals surface area (Å²) >= 11 is 0. The third-order valence-corrected chi connectivity index (χ3v) is 1.93. The number of carbonyl (C=O) groups is 2. The van der Waals surface area contributed by atoms with E-state index in [-0.39, 0.29) is 12.8 Å². The van der Waals surface area contributed by atoms with Gasteiger partial charge in [-0.05, 0) is 6.92 Å². The molecule has 14 heavy (non-hydrogen) atoms. The summed E-state index contributed by atoms with van der Waals surface area (Å²) in [4.78, 5) is 21.6. The Morgan fingerprint density at radius 3 is 2.64 bits per heavy atom. The minimum absolute atomic E-state index is 0.0282. The molecule has 0 radical (unpaired) electrons. The van der Waals surface area contributed by atoms with Crippen LogP contribution in [0.25, 0.3) is 0 Å². The third kappa shape index (κ3) is 2.78. The summed E-state index contributed by atoms with van der Waals surface area (Å²) in [6.07, 6.45) is 0.718. The van der Waals surface area contributed by atoms with Gasteiger partial charge in [0.25, 0.3) is 0 Å². The zero-order valence-corrected chi connectivity index (χ0v) is 8.15. The van der Waals surface area contributed by atoms with E-state index in [4.69, 9.17) is 14.2 Å². The van der Waals surface area contributed by atoms with Crippen molar-refractivity contribution in [3.8, 4) is 0 Å². The van der Waals surface area contributed by atoms with Gasteiger partial charge in [-0.3, -0.25) is 4.79 Å². The molecule has 5 nitrogen and oxygen atoms in total. The van der Waals surface area contributed by atoms with Crippen molar-refractivity contribution in [2.75, 3.05) is 19.8 Å². The van der Waals surface area contributed by atoms with Crippen LogP contribution in [0.4, 0.5) is 0 Å². The molecule has 1 rings (SSSR count). The molecule has 5 heteroatoms. The molecule has 1 saturated heterocycles. The zero-order valence-electron chi connectivity index (χ0n) is 8.15. The Labute approximate surface area is 82.3 Å². The molecule has 80 valence electrons. The number of esters is 1. The summed E-state index contributed by atoms with van der Waals surface area (Å²) in [7, 11) is 0. The van der Waals surface area contributed by atoms with E-state index in [9.17, 15) is 9.59 Å². The molecule has 1 aliphatic heterocycles. The van der Waals surface area contributed by atoms with Gasteiger partial charge >= 0.3 is 5.97 Å². The van der Waals surface area contributed by atoms with Gasteiger partial charge in [-0.1, -0.05) is 0 Å². The molecule has 0 aromatic carbocycles. The Bertz CT molecular complexity index is 207. The highest BCUT2D eigenvalue weighted by Crippen LogP contribution is 2.26. The summed E-state index contributed by atoms with van der Waals surface area (Å²) in [6.45, 7) is 2.86. The van der Waals surface area contributed by atoms with E-state index in [0.29, 0.717) is 26.1 Å². The summed E-state index contributed by atoms with van der Waals surface area (Å²) in [6, 6.07) is 0. The molecule has 0 N–H and O–H groups in total. The fourth-order valence-corrected chi connectivity index (χ4v) is 1.35. The Kier molecular flexibility index (Phi) is 4.03. The van der Waals surface area contributed by atoms with Gasteiger partial charge in [-0.15, -0.1) is 0 Å². The molecule has 0 aliphatic carbocycles. The second-order valence-electron chi connectivity index (χ2n) is 2.96. The average Bonchev–Trinajstić information content (AvgIpc) is 2.54. The summed E-state index contributed by atoms with van der Waals surface area (Å²) in [5.41, 5.74) is 0. The molecule has 1 heterocycles. The van der Waals surface area contributed by atoms with Crippen LogP contribution >= 0.6 is 0 Å². The van der Waals surface area contributed by atoms with Gasteiger partial charge in [-0.2, -0.15) is 0 Å². The molecule has 1 fully saturated rings. The molecular formula is C9H14O5. The first-order chi connectivity index (χ1) is 6.72. The van der Waals surface area contributed by atoms with E-state index in [0.717, 1.165) is 0 Å². The standard InChI is InChI=1S/C9H14O5/c1-2-12-8(11)7-9(3-4-10)13-5-6-14-9/h4H,2-3,5-7H2,1H3. The fraction of sp³-hybridized carbons (Fsp3) is 0.778. The lowest BCUT2D eigenvalue weighted by Crippen LogP contribution is -2.34. The monoisotopic (exact) mass is 202 g/mol. The molecule has 0 bridgehead atoms. The van der Waals surface area contributed by atoms with Crippen molar-refractivity contribution in [2.45, 2.75) is 25.6 Å². The summed E-state index contributed by atoms with van der Waals surface area (Å²) < 4.78 is 15.2. The number of rotatable bonds is 5. The Hall–Kier alpha value is -0.940. The molecule has 0 aromatic rings. The van der Waals surface area contributed by atoms with Gasteiger partial charge in [0.05, 0.1) is 26.2 Å². The second-order valence-corrected chi connectivity index (χ2v) is 2.96. The molecular weight excluding hydrogens is 188 g/mol. The van der Waals surface area contributed by atoms with E-state index < -0.39 is 11.8 Å². The van der Waals surface area contributed by atoms with Crippen molar-refractivity contribution in [1.82, 2.24) is 0 Å². The molecule has 0 aromatic heterocycles. The normalized spacial score (nSPS) is 19.2. The minimum Gasteiger partial charge on any atom is -0.466 e. The zero-order chi connectivity index (χ0) is 10.4. The molecule has 0 spiro atoms. The first kappa shape index (κ1) is 11.1. The highest BCUT2D eigenvalue weighted by atomic mass is 16.7. The Balaban J connectivity index is 2.50. The van der Waals surface area contributed by atoms with Crippen LogP contribution in [0.2, 0.25) is 0 Å². The van der Waals surface area contributed by atoms with Crippen LogP contribution < -0.4 is 0 Å². The lowest BCUT2D eigenvalue weighted by molar-refractivity contribution is -0.183. The van der Waals surface area contributed by atoms with Crippen LogP contribution in [0.3, 0.4) is 0 Å². The van der Waals surface area contributed by atoms with Crippen molar-refractivity contribution < 1.29 is 23.8 Å². The van der Waals surface area contributed by atoms with Gasteiger partial charge in [0.2, 0.25) is 0 Å². The Morgan fingerprint density at radius 2 is 2.14 bits per heavy atom. The lowest BCUT2D eigenvalue weighted by Gasteiger charge is -2.23. The lowest BCUT2D eigenvalue weighted by atomic mass is 10.1. The van der Waals surface area contributed by atoms with Crippen LogP contribution in [-0.2, 0) is 23.8 Å². The van der Waals surface area contributed by atoms with Crippen LogP contribution in [0.1, 0.15) is 19.8 Å². The predicted octanol–water partition coefficient (Wildman–Crippen LogP) is 0.272. The maximum Gasteiger partial charge on any atom is 0.311 e. The number of hydrogen-bond acceptors (Lipinski definition) is 5. The first-order valence-electron chi connectivity index (χ1n) is 4.59. The topological polar surface area (TPSA) is 61.8 Å². The minimum atomic E-state index is -1.08. The van der Waals surface area contributed by atoms with E-state index in [1.54, 1.807) is 6.92 Å². The van der Waals surface area contributed by atoms with E-state index >= 15 is 0 Å². The smallest absolute Gasteiger partial charge is 0.311 e. The van der Waals surface area contributed by atoms with E-state index in [2.05, 4.69) is 0 Å². The average molecular weight is 202 g/mol. The highest BCUT2D eigenvalue weighted by molar-refractivity contribution is 5.71. The summed E-state index contributed by atoms with van der Waals surface area (Å²) in [5, 5.41) is 0. The van der Waals surface area contributed by atoms with Crippen molar-refractivity contribution in [3.63, 3.8) is 0 Å². The van der Waals surface area contributed by atoms with Gasteiger partial charge in [-0.25, -0.2) is 0 Å². The maximum atomic E-state index is 11.2. The molecule has 0 amide bonds. The number of aldehydes is 1. The van der Waals surface area contributed by atoms with E-state index in [1.807, 2.05) is 0 Å². The highest BCUT2D eigenvalue weighted by Gasteiger charge is 2.39. The molecule has 1 aliphatic rings. The first-order valence-corrected chi connectivity index (χ1v) is 4.59. The maximum absolute atomic E-state index is 11.2. The number of carbonyl (C=O) groups excluding carboxylic acids is 2. The second kappa shape index (κ2) is 5.07. The van der Waals surface area contributed by atoms with E-state index in [1.165, 1.54) is 0 Å². The molecule has 0 saturated carbocycles. The largest absolute Gasteiger partial charge is 0.466 e. The fourth-order valence-electron chi connectivity index (χ4n) is 1.35. The quantitative estimate of drug-likeness (QED) is 0.473. The molecule has 0 unspecified atom stereocenters. The van der Waals surface area contributed by atoms with Crippen LogP contribution in [0, 0.1) is 0 Å². The third-order valence-electron chi connectivity index (χ3n) is 1.93. The van der Waals surface area contributed by atoms with Crippen LogP contribution in [0.5, 0.6) is 0 Å². The van der Waals surface area contributed by atoms with Crippen molar-refractivity contribution in [1.29, 1.82) is 0 Å². The van der Waals surface area contributed by atoms with Gasteiger partial charge < -0.3 is 19.0 Å². The Morgan fingerprint density at radius 1 is 1.50 bits per heavy atom. The van der Waals surface area contributed by atoms with Crippen molar-refractivity contribution >= 4 is 12.3 Å². The van der Waals surface area contributed by atoms with Gasteiger partial charge in [0.15, 0.2) is 5.79 Å². The number of hydrogen-bond donors (Lipinski definition) is 0. The van der Waals surface area contributed by atoms with Crippen molar-refractivity contribution in [2.24, 2.45) is 0 Å².